The van der Waals surface area contributed by atoms with E-state index in [0.29, 0.717) is 6.61 Å². The Morgan fingerprint density at radius 3 is 1.64 bits per heavy atom. The van der Waals surface area contributed by atoms with E-state index >= 15 is 0 Å². The fourth-order valence-corrected chi connectivity index (χ4v) is 2.96. The molecule has 0 unspecified atom stereocenters. The third-order valence-corrected chi connectivity index (χ3v) is 4.58. The smallest absolute Gasteiger partial charge is 0.408 e. The summed E-state index contributed by atoms with van der Waals surface area (Å²) >= 11 is 0. The van der Waals surface area contributed by atoms with Gasteiger partial charge in [-0.3, -0.25) is 0 Å². The molecule has 1 atom stereocenters. The number of alkyl carbamates (subject to hydrolysis) is 1. The highest BCUT2D eigenvalue weighted by Crippen LogP contribution is 2.12. The molecule has 0 saturated carbocycles. The van der Waals surface area contributed by atoms with Crippen molar-refractivity contribution in [3.05, 3.63) is 0 Å². The van der Waals surface area contributed by atoms with E-state index in [9.17, 15) is 9.59 Å². The van der Waals surface area contributed by atoms with Gasteiger partial charge in [-0.25, -0.2) is 9.59 Å². The van der Waals surface area contributed by atoms with Crippen molar-refractivity contribution in [3.63, 3.8) is 0 Å². The van der Waals surface area contributed by atoms with E-state index in [1.807, 2.05) is 0 Å². The Morgan fingerprint density at radius 1 is 0.786 bits per heavy atom. The lowest BCUT2D eigenvalue weighted by molar-refractivity contribution is -0.145. The second-order valence-corrected chi connectivity index (χ2v) is 8.78. The number of unbranched alkanes of at least 4 members (excludes halogenated alkanes) is 12. The van der Waals surface area contributed by atoms with E-state index < -0.39 is 23.7 Å². The standard InChI is InChI=1S/C23H45NO4/c1-6-7-8-9-10-11-12-13-14-15-16-17-18-19-27-21(25)20(2)24-22(26)28-23(3,4)5/h20H,6-19H2,1-5H3,(H,24,26)/t20-/m0/s1. The van der Waals surface area contributed by atoms with E-state index in [0.717, 1.165) is 12.8 Å². The van der Waals surface area contributed by atoms with Gasteiger partial charge in [0.05, 0.1) is 6.61 Å². The van der Waals surface area contributed by atoms with Crippen molar-refractivity contribution in [1.82, 2.24) is 5.32 Å². The van der Waals surface area contributed by atoms with Gasteiger partial charge in [-0.2, -0.15) is 0 Å². The Bertz CT molecular complexity index is 404. The highest BCUT2D eigenvalue weighted by Gasteiger charge is 2.21. The zero-order chi connectivity index (χ0) is 21.3. The van der Waals surface area contributed by atoms with E-state index in [1.54, 1.807) is 27.7 Å². The minimum Gasteiger partial charge on any atom is -0.464 e. The van der Waals surface area contributed by atoms with Gasteiger partial charge >= 0.3 is 12.1 Å². The minimum atomic E-state index is -0.697. The third-order valence-electron chi connectivity index (χ3n) is 4.58. The summed E-state index contributed by atoms with van der Waals surface area (Å²) in [6.07, 6.45) is 16.1. The molecule has 0 heterocycles. The molecule has 0 aliphatic heterocycles. The average molecular weight is 400 g/mol. The summed E-state index contributed by atoms with van der Waals surface area (Å²) in [5, 5.41) is 2.50. The first kappa shape index (κ1) is 26.7. The monoisotopic (exact) mass is 399 g/mol. The van der Waals surface area contributed by atoms with Crippen LogP contribution in [0.1, 0.15) is 118 Å². The van der Waals surface area contributed by atoms with Crippen molar-refractivity contribution < 1.29 is 19.1 Å². The van der Waals surface area contributed by atoms with Gasteiger partial charge in [-0.05, 0) is 34.1 Å². The largest absolute Gasteiger partial charge is 0.464 e. The second kappa shape index (κ2) is 16.7. The first-order valence-electron chi connectivity index (χ1n) is 11.4. The summed E-state index contributed by atoms with van der Waals surface area (Å²) < 4.78 is 10.4. The summed E-state index contributed by atoms with van der Waals surface area (Å²) in [4.78, 5) is 23.5. The molecule has 0 radical (unpaired) electrons. The van der Waals surface area contributed by atoms with Crippen LogP contribution in [0.25, 0.3) is 0 Å². The Hall–Kier alpha value is -1.26. The van der Waals surface area contributed by atoms with Crippen LogP contribution in [0.5, 0.6) is 0 Å². The predicted molar refractivity (Wildman–Crippen MR) is 115 cm³/mol. The molecule has 166 valence electrons. The number of rotatable bonds is 16. The summed E-state index contributed by atoms with van der Waals surface area (Å²) in [5.41, 5.74) is -0.581. The third kappa shape index (κ3) is 18.1. The molecule has 0 aromatic carbocycles. The van der Waals surface area contributed by atoms with Crippen LogP contribution in [0.15, 0.2) is 0 Å². The molecule has 0 aliphatic rings. The van der Waals surface area contributed by atoms with Crippen molar-refractivity contribution >= 4 is 12.1 Å². The first-order chi connectivity index (χ1) is 13.3. The maximum absolute atomic E-state index is 11.9. The van der Waals surface area contributed by atoms with E-state index in [2.05, 4.69) is 12.2 Å². The Balaban J connectivity index is 3.46. The van der Waals surface area contributed by atoms with Crippen LogP contribution in [-0.4, -0.2) is 30.3 Å². The Labute approximate surface area is 173 Å². The topological polar surface area (TPSA) is 64.6 Å². The van der Waals surface area contributed by atoms with Gasteiger partial charge in [0.2, 0.25) is 0 Å². The zero-order valence-electron chi connectivity index (χ0n) is 19.1. The van der Waals surface area contributed by atoms with Crippen molar-refractivity contribution in [2.45, 2.75) is 130 Å². The van der Waals surface area contributed by atoms with Crippen LogP contribution < -0.4 is 5.32 Å². The minimum absolute atomic E-state index is 0.412. The second-order valence-electron chi connectivity index (χ2n) is 8.78. The van der Waals surface area contributed by atoms with Crippen molar-refractivity contribution in [2.75, 3.05) is 6.61 Å². The molecule has 0 aromatic heterocycles. The highest BCUT2D eigenvalue weighted by atomic mass is 16.6. The van der Waals surface area contributed by atoms with E-state index in [-0.39, 0.29) is 0 Å². The van der Waals surface area contributed by atoms with Gasteiger partial charge in [-0.1, -0.05) is 84.0 Å². The molecule has 0 fully saturated rings. The van der Waals surface area contributed by atoms with Gasteiger partial charge in [0.25, 0.3) is 0 Å². The average Bonchev–Trinajstić information content (AvgIpc) is 2.60. The molecular formula is C23H45NO4. The number of carbonyl (C=O) groups is 2. The fraction of sp³-hybridized carbons (Fsp3) is 0.913. The molecule has 28 heavy (non-hydrogen) atoms. The Kier molecular flexibility index (Phi) is 15.9. The van der Waals surface area contributed by atoms with E-state index in [1.165, 1.54) is 70.6 Å². The Morgan fingerprint density at radius 2 is 1.21 bits per heavy atom. The number of carbonyl (C=O) groups excluding carboxylic acids is 2. The van der Waals surface area contributed by atoms with Gasteiger partial charge in [0.15, 0.2) is 0 Å². The summed E-state index contributed by atoms with van der Waals surface area (Å²) in [7, 11) is 0. The molecule has 5 nitrogen and oxygen atoms in total. The molecule has 0 saturated heterocycles. The van der Waals surface area contributed by atoms with Crippen molar-refractivity contribution in [1.29, 1.82) is 0 Å². The molecule has 1 amide bonds. The first-order valence-corrected chi connectivity index (χ1v) is 11.4. The van der Waals surface area contributed by atoms with Crippen LogP contribution in [0.4, 0.5) is 4.79 Å². The van der Waals surface area contributed by atoms with Crippen LogP contribution in [0, 0.1) is 0 Å². The number of nitrogens with one attached hydrogen (secondary N) is 1. The molecule has 5 heteroatoms. The zero-order valence-corrected chi connectivity index (χ0v) is 19.1. The lowest BCUT2D eigenvalue weighted by Gasteiger charge is -2.21. The summed E-state index contributed by atoms with van der Waals surface area (Å²) in [6, 6.07) is -0.697. The molecule has 0 aromatic rings. The molecule has 0 bridgehead atoms. The van der Waals surface area contributed by atoms with Crippen molar-refractivity contribution in [3.8, 4) is 0 Å². The molecule has 1 N–H and O–H groups in total. The van der Waals surface area contributed by atoms with Gasteiger partial charge in [-0.15, -0.1) is 0 Å². The number of hydrogen-bond acceptors (Lipinski definition) is 4. The van der Waals surface area contributed by atoms with Gasteiger partial charge in [0, 0.05) is 0 Å². The van der Waals surface area contributed by atoms with Gasteiger partial charge < -0.3 is 14.8 Å². The predicted octanol–water partition coefficient (Wildman–Crippen LogP) is 6.53. The summed E-state index contributed by atoms with van der Waals surface area (Å²) in [6.45, 7) is 9.63. The lowest BCUT2D eigenvalue weighted by atomic mass is 10.0. The van der Waals surface area contributed by atoms with Crippen LogP contribution in [0.3, 0.4) is 0 Å². The maximum atomic E-state index is 11.9. The van der Waals surface area contributed by atoms with Crippen LogP contribution in [0.2, 0.25) is 0 Å². The normalized spacial score (nSPS) is 12.5. The van der Waals surface area contributed by atoms with Crippen molar-refractivity contribution in [2.24, 2.45) is 0 Å². The van der Waals surface area contributed by atoms with E-state index in [4.69, 9.17) is 9.47 Å². The SMILES string of the molecule is CCCCCCCCCCCCCCCOC(=O)[C@H](C)NC(=O)OC(C)(C)C. The molecule has 0 aliphatic carbocycles. The highest BCUT2D eigenvalue weighted by molar-refractivity contribution is 5.80. The summed E-state index contributed by atoms with van der Waals surface area (Å²) in [5.74, 6) is -0.412. The molecule has 0 spiro atoms. The van der Waals surface area contributed by atoms with Crippen LogP contribution in [-0.2, 0) is 14.3 Å². The van der Waals surface area contributed by atoms with Gasteiger partial charge in [0.1, 0.15) is 11.6 Å². The van der Waals surface area contributed by atoms with Crippen LogP contribution >= 0.6 is 0 Å². The number of hydrogen-bond donors (Lipinski definition) is 1. The number of amides is 1. The fourth-order valence-electron chi connectivity index (χ4n) is 2.96. The molecular weight excluding hydrogens is 354 g/mol. The lowest BCUT2D eigenvalue weighted by Crippen LogP contribution is -2.42. The maximum Gasteiger partial charge on any atom is 0.408 e. The number of esters is 1. The molecule has 0 rings (SSSR count). The quantitative estimate of drug-likeness (QED) is 0.236. The number of ether oxygens (including phenoxy) is 2.